The Morgan fingerprint density at radius 1 is 0.821 bits per heavy atom. The first-order valence-electron chi connectivity index (χ1n) is 8.46. The van der Waals surface area contributed by atoms with Crippen LogP contribution in [0.25, 0.3) is 10.6 Å². The second-order valence-electron chi connectivity index (χ2n) is 5.85. The van der Waals surface area contributed by atoms with Crippen molar-refractivity contribution in [2.45, 2.75) is 0 Å². The number of nitrogens with zero attached hydrogens (tertiary/aromatic N) is 1. The van der Waals surface area contributed by atoms with E-state index in [1.807, 2.05) is 41.1 Å². The van der Waals surface area contributed by atoms with Crippen LogP contribution < -0.4 is 10.6 Å². The number of rotatable bonds is 5. The van der Waals surface area contributed by atoms with E-state index in [4.69, 9.17) is 0 Å². The maximum Gasteiger partial charge on any atom is 0.265 e. The van der Waals surface area contributed by atoms with E-state index in [1.54, 1.807) is 36.5 Å². The van der Waals surface area contributed by atoms with Gasteiger partial charge in [-0.3, -0.25) is 9.59 Å². The van der Waals surface area contributed by atoms with Crippen LogP contribution in [0.5, 0.6) is 0 Å². The monoisotopic (exact) mass is 405 g/mol. The summed E-state index contributed by atoms with van der Waals surface area (Å²) in [5, 5.41) is 10.3. The Bertz CT molecular complexity index is 1110. The van der Waals surface area contributed by atoms with Crippen molar-refractivity contribution < 1.29 is 9.59 Å². The van der Waals surface area contributed by atoms with E-state index in [9.17, 15) is 9.59 Å². The highest BCUT2D eigenvalue weighted by Gasteiger charge is 2.15. The minimum absolute atomic E-state index is 0.235. The zero-order valence-electron chi connectivity index (χ0n) is 14.6. The molecule has 0 saturated carbocycles. The summed E-state index contributed by atoms with van der Waals surface area (Å²) in [6.07, 6.45) is 1.75. The van der Waals surface area contributed by atoms with Gasteiger partial charge in [0.05, 0.1) is 16.1 Å². The summed E-state index contributed by atoms with van der Waals surface area (Å²) in [6, 6.07) is 18.0. The fourth-order valence-corrected chi connectivity index (χ4v) is 3.93. The van der Waals surface area contributed by atoms with Gasteiger partial charge in [0, 0.05) is 22.8 Å². The molecule has 2 aromatic heterocycles. The van der Waals surface area contributed by atoms with Crippen LogP contribution in [-0.4, -0.2) is 16.8 Å². The summed E-state index contributed by atoms with van der Waals surface area (Å²) in [7, 11) is 0. The minimum atomic E-state index is -0.293. The topological polar surface area (TPSA) is 71.1 Å². The maximum absolute atomic E-state index is 12.8. The van der Waals surface area contributed by atoms with Gasteiger partial charge in [-0.05, 0) is 35.7 Å². The predicted octanol–water partition coefficient (Wildman–Crippen LogP) is 5.38. The Kier molecular flexibility index (Phi) is 5.27. The lowest BCUT2D eigenvalue weighted by Crippen LogP contribution is -2.17. The summed E-state index contributed by atoms with van der Waals surface area (Å²) in [4.78, 5) is 30.1. The molecule has 0 bridgehead atoms. The molecule has 2 heterocycles. The molecule has 0 unspecified atom stereocenters. The Hall–Kier alpha value is -3.29. The zero-order valence-corrected chi connectivity index (χ0v) is 16.2. The molecule has 0 radical (unpaired) electrons. The smallest absolute Gasteiger partial charge is 0.265 e. The van der Waals surface area contributed by atoms with Crippen LogP contribution in [-0.2, 0) is 0 Å². The van der Waals surface area contributed by atoms with Gasteiger partial charge in [-0.2, -0.15) is 0 Å². The fourth-order valence-electron chi connectivity index (χ4n) is 2.68. The van der Waals surface area contributed by atoms with Gasteiger partial charge >= 0.3 is 0 Å². The number of benzene rings is 2. The number of para-hydroxylation sites is 1. The Balaban J connectivity index is 1.54. The molecule has 2 aromatic carbocycles. The Morgan fingerprint density at radius 3 is 2.50 bits per heavy atom. The highest BCUT2D eigenvalue weighted by atomic mass is 32.1. The highest BCUT2D eigenvalue weighted by molar-refractivity contribution is 7.13. The van der Waals surface area contributed by atoms with Crippen molar-refractivity contribution in [3.05, 3.63) is 88.1 Å². The molecular weight excluding hydrogens is 390 g/mol. The summed E-state index contributed by atoms with van der Waals surface area (Å²) in [5.74, 6) is -0.528. The standard InChI is InChI=1S/C21H15N3O2S2/c25-19(23-15-6-3-5-14(13-15)21-22-10-12-28-21)16-7-1-2-8-17(16)24-20(26)18-9-4-11-27-18/h1-13H,(H,23,25)(H,24,26). The van der Waals surface area contributed by atoms with Crippen LogP contribution in [0, 0.1) is 0 Å². The number of nitrogens with one attached hydrogen (secondary N) is 2. The lowest BCUT2D eigenvalue weighted by atomic mass is 10.1. The fraction of sp³-hybridized carbons (Fsp3) is 0. The number of thiazole rings is 1. The number of thiophene rings is 1. The molecule has 2 N–H and O–H groups in total. The van der Waals surface area contributed by atoms with Crippen LogP contribution in [0.15, 0.2) is 77.6 Å². The van der Waals surface area contributed by atoms with Gasteiger partial charge in [-0.15, -0.1) is 22.7 Å². The third kappa shape index (κ3) is 4.00. The Labute approximate surface area is 169 Å². The molecular formula is C21H15N3O2S2. The molecule has 4 aromatic rings. The first kappa shape index (κ1) is 18.1. The molecule has 7 heteroatoms. The molecule has 138 valence electrons. The summed E-state index contributed by atoms with van der Waals surface area (Å²) >= 11 is 2.89. The van der Waals surface area contributed by atoms with Crippen molar-refractivity contribution in [2.75, 3.05) is 10.6 Å². The lowest BCUT2D eigenvalue weighted by molar-refractivity contribution is 0.102. The van der Waals surface area contributed by atoms with Gasteiger partial charge in [0.15, 0.2) is 0 Å². The number of hydrogen-bond donors (Lipinski definition) is 2. The summed E-state index contributed by atoms with van der Waals surface area (Å²) < 4.78 is 0. The largest absolute Gasteiger partial charge is 0.322 e. The molecule has 0 aliphatic carbocycles. The number of aromatic nitrogens is 1. The second-order valence-corrected chi connectivity index (χ2v) is 7.69. The third-order valence-electron chi connectivity index (χ3n) is 3.96. The third-order valence-corrected chi connectivity index (χ3v) is 5.66. The van der Waals surface area contributed by atoms with Crippen molar-refractivity contribution in [3.63, 3.8) is 0 Å². The molecule has 4 rings (SSSR count). The summed E-state index contributed by atoms with van der Waals surface area (Å²) in [5.41, 5.74) is 2.46. The van der Waals surface area contributed by atoms with Crippen molar-refractivity contribution >= 4 is 45.9 Å². The van der Waals surface area contributed by atoms with Crippen LogP contribution >= 0.6 is 22.7 Å². The van der Waals surface area contributed by atoms with E-state index in [2.05, 4.69) is 15.6 Å². The molecule has 0 spiro atoms. The molecule has 0 atom stereocenters. The number of anilines is 2. The van der Waals surface area contributed by atoms with Gasteiger partial charge in [-0.1, -0.05) is 30.3 Å². The average molecular weight is 406 g/mol. The van der Waals surface area contributed by atoms with Crippen LogP contribution in [0.2, 0.25) is 0 Å². The molecule has 5 nitrogen and oxygen atoms in total. The molecule has 28 heavy (non-hydrogen) atoms. The highest BCUT2D eigenvalue weighted by Crippen LogP contribution is 2.25. The molecule has 0 saturated heterocycles. The first-order valence-corrected chi connectivity index (χ1v) is 10.2. The van der Waals surface area contributed by atoms with Gasteiger partial charge in [-0.25, -0.2) is 4.98 Å². The van der Waals surface area contributed by atoms with Crippen molar-refractivity contribution in [2.24, 2.45) is 0 Å². The SMILES string of the molecule is O=C(Nc1ccccc1C(=O)Nc1cccc(-c2nccs2)c1)c1cccs1. The van der Waals surface area contributed by atoms with E-state index in [-0.39, 0.29) is 11.8 Å². The van der Waals surface area contributed by atoms with Gasteiger partial charge in [0.1, 0.15) is 5.01 Å². The van der Waals surface area contributed by atoms with Crippen LogP contribution in [0.3, 0.4) is 0 Å². The maximum atomic E-state index is 12.8. The van der Waals surface area contributed by atoms with Crippen molar-refractivity contribution in [1.29, 1.82) is 0 Å². The van der Waals surface area contributed by atoms with Gasteiger partial charge < -0.3 is 10.6 Å². The molecule has 0 aliphatic rings. The molecule has 2 amide bonds. The number of hydrogen-bond acceptors (Lipinski definition) is 5. The second kappa shape index (κ2) is 8.16. The van der Waals surface area contributed by atoms with Crippen LogP contribution in [0.1, 0.15) is 20.0 Å². The average Bonchev–Trinajstić information content (AvgIpc) is 3.43. The van der Waals surface area contributed by atoms with E-state index < -0.39 is 0 Å². The molecule has 0 aliphatic heterocycles. The number of carbonyl (C=O) groups excluding carboxylic acids is 2. The molecule has 0 fully saturated rings. The number of amides is 2. The summed E-state index contributed by atoms with van der Waals surface area (Å²) in [6.45, 7) is 0. The van der Waals surface area contributed by atoms with Gasteiger partial charge in [0.2, 0.25) is 0 Å². The van der Waals surface area contributed by atoms with Crippen molar-refractivity contribution in [1.82, 2.24) is 4.98 Å². The number of carbonyl (C=O) groups is 2. The minimum Gasteiger partial charge on any atom is -0.322 e. The predicted molar refractivity (Wildman–Crippen MR) is 114 cm³/mol. The normalized spacial score (nSPS) is 10.4. The quantitative estimate of drug-likeness (QED) is 0.468. The van der Waals surface area contributed by atoms with E-state index in [0.29, 0.717) is 21.8 Å². The van der Waals surface area contributed by atoms with E-state index in [1.165, 1.54) is 22.7 Å². The van der Waals surface area contributed by atoms with Crippen LogP contribution in [0.4, 0.5) is 11.4 Å². The lowest BCUT2D eigenvalue weighted by Gasteiger charge is -2.11. The van der Waals surface area contributed by atoms with Gasteiger partial charge in [0.25, 0.3) is 11.8 Å². The Morgan fingerprint density at radius 2 is 1.71 bits per heavy atom. The zero-order chi connectivity index (χ0) is 19.3. The van der Waals surface area contributed by atoms with Crippen molar-refractivity contribution in [3.8, 4) is 10.6 Å². The van der Waals surface area contributed by atoms with E-state index >= 15 is 0 Å². The first-order chi connectivity index (χ1) is 13.7. The van der Waals surface area contributed by atoms with E-state index in [0.717, 1.165) is 10.6 Å².